The number of rotatable bonds is 7. The standard InChI is InChI=1S/C27H24ClN5O5S/c1-4-23-29-24-15(2)11-18(26(34)32-39(3,36)37)13-22(24)33(23)14-17-10-9-16(12-21(17)28)19-7-5-6-8-20(19)25-30-27(35)38-31-25/h5-13H,4,14H2,1-3H3,(H,32,34)(H,30,31,35). The fourth-order valence-electron chi connectivity index (χ4n) is 4.55. The van der Waals surface area contributed by atoms with Crippen molar-refractivity contribution in [3.63, 3.8) is 0 Å². The van der Waals surface area contributed by atoms with Crippen LogP contribution in [0.25, 0.3) is 33.5 Å². The topological polar surface area (TPSA) is 140 Å². The van der Waals surface area contributed by atoms with Gasteiger partial charge in [-0.25, -0.2) is 22.9 Å². The van der Waals surface area contributed by atoms with Crippen molar-refractivity contribution >= 4 is 38.6 Å². The normalized spacial score (nSPS) is 11.7. The van der Waals surface area contributed by atoms with E-state index in [1.807, 2.05) is 65.6 Å². The molecule has 3 aromatic carbocycles. The van der Waals surface area contributed by atoms with Crippen LogP contribution in [0.1, 0.15) is 34.2 Å². The number of nitrogens with one attached hydrogen (secondary N) is 2. The minimum absolute atomic E-state index is 0.221. The van der Waals surface area contributed by atoms with Crippen molar-refractivity contribution in [3.05, 3.63) is 92.7 Å². The molecule has 5 rings (SSSR count). The summed E-state index contributed by atoms with van der Waals surface area (Å²) in [6, 6.07) is 16.4. The average molecular weight is 566 g/mol. The Morgan fingerprint density at radius 2 is 1.87 bits per heavy atom. The molecule has 5 aromatic rings. The zero-order chi connectivity index (χ0) is 27.9. The molecular weight excluding hydrogens is 542 g/mol. The lowest BCUT2D eigenvalue weighted by Crippen LogP contribution is -2.29. The lowest BCUT2D eigenvalue weighted by atomic mass is 9.98. The first kappa shape index (κ1) is 26.4. The molecule has 0 aliphatic rings. The molecule has 1 amide bonds. The summed E-state index contributed by atoms with van der Waals surface area (Å²) in [5, 5.41) is 4.32. The average Bonchev–Trinajstić information content (AvgIpc) is 3.48. The van der Waals surface area contributed by atoms with E-state index in [2.05, 4.69) is 14.7 Å². The van der Waals surface area contributed by atoms with Gasteiger partial charge in [-0.1, -0.05) is 60.1 Å². The number of carbonyl (C=O) groups is 1. The number of nitrogens with zero attached hydrogens (tertiary/aromatic N) is 3. The quantitative estimate of drug-likeness (QED) is 0.299. The van der Waals surface area contributed by atoms with Gasteiger partial charge in [-0.05, 0) is 47.4 Å². The van der Waals surface area contributed by atoms with Crippen LogP contribution in [-0.2, 0) is 23.0 Å². The van der Waals surface area contributed by atoms with Gasteiger partial charge in [0, 0.05) is 22.6 Å². The summed E-state index contributed by atoms with van der Waals surface area (Å²) >= 11 is 6.77. The molecule has 0 atom stereocenters. The van der Waals surface area contributed by atoms with E-state index in [-0.39, 0.29) is 5.56 Å². The Bertz CT molecular complexity index is 1910. The third kappa shape index (κ3) is 5.36. The number of aromatic nitrogens is 4. The van der Waals surface area contributed by atoms with Crippen LogP contribution < -0.4 is 10.5 Å². The van der Waals surface area contributed by atoms with E-state index in [0.29, 0.717) is 34.9 Å². The van der Waals surface area contributed by atoms with Gasteiger partial charge in [-0.15, -0.1) is 0 Å². The van der Waals surface area contributed by atoms with Crippen molar-refractivity contribution in [3.8, 4) is 22.5 Å². The molecule has 0 spiro atoms. The Labute approximate surface area is 228 Å². The molecule has 0 saturated heterocycles. The van der Waals surface area contributed by atoms with Crippen molar-refractivity contribution in [1.29, 1.82) is 0 Å². The first-order valence-corrected chi connectivity index (χ1v) is 14.3. The van der Waals surface area contributed by atoms with Crippen LogP contribution in [0.4, 0.5) is 0 Å². The monoisotopic (exact) mass is 565 g/mol. The Hall–Kier alpha value is -4.22. The van der Waals surface area contributed by atoms with E-state index < -0.39 is 21.7 Å². The van der Waals surface area contributed by atoms with Gasteiger partial charge in [-0.3, -0.25) is 14.3 Å². The first-order chi connectivity index (χ1) is 18.5. The highest BCUT2D eigenvalue weighted by atomic mass is 35.5. The Kier molecular flexibility index (Phi) is 6.87. The molecule has 0 aliphatic carbocycles. The summed E-state index contributed by atoms with van der Waals surface area (Å²) in [6.07, 6.45) is 1.57. The van der Waals surface area contributed by atoms with E-state index in [1.54, 1.807) is 12.1 Å². The summed E-state index contributed by atoms with van der Waals surface area (Å²) in [4.78, 5) is 31.4. The Morgan fingerprint density at radius 3 is 2.51 bits per heavy atom. The van der Waals surface area contributed by atoms with Gasteiger partial charge in [0.2, 0.25) is 10.0 Å². The predicted octanol–water partition coefficient (Wildman–Crippen LogP) is 4.31. The molecular formula is C27H24ClN5O5S. The molecule has 10 nitrogen and oxygen atoms in total. The second kappa shape index (κ2) is 10.2. The van der Waals surface area contributed by atoms with Crippen molar-refractivity contribution in [2.45, 2.75) is 26.8 Å². The third-order valence-electron chi connectivity index (χ3n) is 6.30. The number of aryl methyl sites for hydroxylation is 2. The third-order valence-corrected chi connectivity index (χ3v) is 7.20. The fraction of sp³-hybridized carbons (Fsp3) is 0.185. The summed E-state index contributed by atoms with van der Waals surface area (Å²) in [7, 11) is -3.71. The minimum Gasteiger partial charge on any atom is -0.323 e. The van der Waals surface area contributed by atoms with Gasteiger partial charge >= 0.3 is 5.76 Å². The number of sulfonamides is 1. The maximum atomic E-state index is 12.6. The predicted molar refractivity (Wildman–Crippen MR) is 148 cm³/mol. The number of halogens is 1. The number of benzene rings is 3. The maximum Gasteiger partial charge on any atom is 0.439 e. The molecule has 2 aromatic heterocycles. The number of imidazole rings is 1. The van der Waals surface area contributed by atoms with Crippen molar-refractivity contribution in [1.82, 2.24) is 24.4 Å². The minimum atomic E-state index is -3.71. The van der Waals surface area contributed by atoms with Gasteiger partial charge in [0.25, 0.3) is 5.91 Å². The van der Waals surface area contributed by atoms with E-state index in [1.165, 1.54) is 0 Å². The van der Waals surface area contributed by atoms with E-state index in [0.717, 1.165) is 39.9 Å². The summed E-state index contributed by atoms with van der Waals surface area (Å²) < 4.78 is 31.9. The lowest BCUT2D eigenvalue weighted by Gasteiger charge is -2.13. The van der Waals surface area contributed by atoms with Gasteiger partial charge in [0.05, 0.1) is 23.8 Å². The van der Waals surface area contributed by atoms with Crippen LogP contribution in [0.15, 0.2) is 63.9 Å². The van der Waals surface area contributed by atoms with Gasteiger partial charge < -0.3 is 4.57 Å². The summed E-state index contributed by atoms with van der Waals surface area (Å²) in [5.74, 6) is -0.226. The van der Waals surface area contributed by atoms with E-state index in [9.17, 15) is 18.0 Å². The second-order valence-corrected chi connectivity index (χ2v) is 11.3. The van der Waals surface area contributed by atoms with Crippen molar-refractivity contribution in [2.24, 2.45) is 0 Å². The highest BCUT2D eigenvalue weighted by molar-refractivity contribution is 7.89. The maximum absolute atomic E-state index is 12.6. The van der Waals surface area contributed by atoms with E-state index in [4.69, 9.17) is 16.6 Å². The molecule has 0 unspecified atom stereocenters. The highest BCUT2D eigenvalue weighted by Crippen LogP contribution is 2.33. The first-order valence-electron chi connectivity index (χ1n) is 12.0. The van der Waals surface area contributed by atoms with Crippen molar-refractivity contribution in [2.75, 3.05) is 6.26 Å². The van der Waals surface area contributed by atoms with Crippen LogP contribution in [-0.4, -0.2) is 40.3 Å². The fourth-order valence-corrected chi connectivity index (χ4v) is 5.24. The Morgan fingerprint density at radius 1 is 1.13 bits per heavy atom. The van der Waals surface area contributed by atoms with Crippen LogP contribution in [0.5, 0.6) is 0 Å². The zero-order valence-electron chi connectivity index (χ0n) is 21.3. The molecule has 12 heteroatoms. The molecule has 0 radical (unpaired) electrons. The zero-order valence-corrected chi connectivity index (χ0v) is 22.9. The molecule has 39 heavy (non-hydrogen) atoms. The summed E-state index contributed by atoms with van der Waals surface area (Å²) in [5.41, 5.74) is 5.56. The van der Waals surface area contributed by atoms with Crippen LogP contribution in [0.3, 0.4) is 0 Å². The molecule has 200 valence electrons. The molecule has 0 saturated carbocycles. The highest BCUT2D eigenvalue weighted by Gasteiger charge is 2.19. The number of amides is 1. The molecule has 0 fully saturated rings. The summed E-state index contributed by atoms with van der Waals surface area (Å²) in [6.45, 7) is 4.20. The largest absolute Gasteiger partial charge is 0.439 e. The Balaban J connectivity index is 1.54. The lowest BCUT2D eigenvalue weighted by molar-refractivity contribution is 0.0981. The van der Waals surface area contributed by atoms with Gasteiger partial charge in [-0.2, -0.15) is 0 Å². The second-order valence-electron chi connectivity index (χ2n) is 9.13. The van der Waals surface area contributed by atoms with Crippen LogP contribution in [0, 0.1) is 6.92 Å². The van der Waals surface area contributed by atoms with Crippen LogP contribution >= 0.6 is 11.6 Å². The van der Waals surface area contributed by atoms with Crippen LogP contribution in [0.2, 0.25) is 5.02 Å². The van der Waals surface area contributed by atoms with Gasteiger partial charge in [0.1, 0.15) is 5.82 Å². The molecule has 0 bridgehead atoms. The number of hydrogen-bond acceptors (Lipinski definition) is 7. The van der Waals surface area contributed by atoms with Crippen molar-refractivity contribution < 1.29 is 17.7 Å². The van der Waals surface area contributed by atoms with E-state index >= 15 is 0 Å². The number of fused-ring (bicyclic) bond motifs is 1. The number of hydrogen-bond donors (Lipinski definition) is 2. The smallest absolute Gasteiger partial charge is 0.323 e. The van der Waals surface area contributed by atoms with Gasteiger partial charge in [0.15, 0.2) is 5.82 Å². The number of carbonyl (C=O) groups excluding carboxylic acids is 1. The number of H-pyrrole nitrogens is 1. The molecule has 2 heterocycles. The SMILES string of the molecule is CCc1nc2c(C)cc(C(=O)NS(C)(=O)=O)cc2n1Cc1ccc(-c2ccccc2-c2noc(=O)[nH]2)cc1Cl. The molecule has 2 N–H and O–H groups in total. The number of aromatic amines is 1. The molecule has 0 aliphatic heterocycles.